The van der Waals surface area contributed by atoms with Gasteiger partial charge in [0.15, 0.2) is 0 Å². The predicted molar refractivity (Wildman–Crippen MR) is 85.7 cm³/mol. The lowest BCUT2D eigenvalue weighted by molar-refractivity contribution is -0.125. The molecule has 0 saturated carbocycles. The molecule has 0 bridgehead atoms. The van der Waals surface area contributed by atoms with E-state index in [0.29, 0.717) is 5.69 Å². The van der Waals surface area contributed by atoms with E-state index < -0.39 is 11.7 Å². The molecule has 2 N–H and O–H groups in total. The van der Waals surface area contributed by atoms with Crippen molar-refractivity contribution in [2.24, 2.45) is 0 Å². The van der Waals surface area contributed by atoms with Crippen LogP contribution in [0.5, 0.6) is 0 Å². The lowest BCUT2D eigenvalue weighted by Gasteiger charge is -2.08. The zero-order valence-electron chi connectivity index (χ0n) is 12.6. The average Bonchev–Trinajstić information content (AvgIpc) is 2.49. The average molecular weight is 316 g/mol. The molecule has 0 saturated heterocycles. The number of ether oxygens (including phenoxy) is 1. The molecule has 0 aliphatic rings. The number of nitrogens with one attached hydrogen (secondary N) is 2. The first kappa shape index (κ1) is 16.6. The van der Waals surface area contributed by atoms with Crippen LogP contribution in [-0.4, -0.2) is 25.0 Å². The third-order valence-corrected chi connectivity index (χ3v) is 2.92. The molecule has 0 atom stereocenters. The standard InChI is InChI=1S/C17H17FN2O3/c1-12-5-4-6-13(9-12)19-16(21)10-23-11-17(22)20-15-8-3-2-7-14(15)18/h2-9H,10-11H2,1H3,(H,19,21)(H,20,22). The zero-order chi connectivity index (χ0) is 16.7. The Morgan fingerprint density at radius 2 is 1.70 bits per heavy atom. The van der Waals surface area contributed by atoms with Gasteiger partial charge in [-0.05, 0) is 36.8 Å². The zero-order valence-corrected chi connectivity index (χ0v) is 12.6. The number of halogens is 1. The summed E-state index contributed by atoms with van der Waals surface area (Å²) in [5.41, 5.74) is 1.76. The molecule has 0 aromatic heterocycles. The largest absolute Gasteiger partial charge is 0.362 e. The van der Waals surface area contributed by atoms with Gasteiger partial charge in [-0.1, -0.05) is 24.3 Å². The molecule has 2 rings (SSSR count). The minimum atomic E-state index is -0.530. The predicted octanol–water partition coefficient (Wildman–Crippen LogP) is 2.73. The van der Waals surface area contributed by atoms with Crippen molar-refractivity contribution in [1.82, 2.24) is 0 Å². The molecule has 23 heavy (non-hydrogen) atoms. The monoisotopic (exact) mass is 316 g/mol. The van der Waals surface area contributed by atoms with Gasteiger partial charge >= 0.3 is 0 Å². The van der Waals surface area contributed by atoms with E-state index in [1.54, 1.807) is 12.1 Å². The number of aryl methyl sites for hydroxylation is 1. The molecule has 2 amide bonds. The van der Waals surface area contributed by atoms with Gasteiger partial charge in [-0.25, -0.2) is 4.39 Å². The Labute approximate surface area is 133 Å². The second-order valence-corrected chi connectivity index (χ2v) is 4.94. The number of amides is 2. The van der Waals surface area contributed by atoms with E-state index in [1.165, 1.54) is 18.2 Å². The summed E-state index contributed by atoms with van der Waals surface area (Å²) in [6.45, 7) is 1.31. The number of benzene rings is 2. The summed E-state index contributed by atoms with van der Waals surface area (Å²) in [6, 6.07) is 13.1. The summed E-state index contributed by atoms with van der Waals surface area (Å²) >= 11 is 0. The van der Waals surface area contributed by atoms with Crippen LogP contribution >= 0.6 is 0 Å². The molecule has 0 aliphatic carbocycles. The van der Waals surface area contributed by atoms with Crippen LogP contribution in [0.3, 0.4) is 0 Å². The fourth-order valence-electron chi connectivity index (χ4n) is 1.91. The molecule has 0 aliphatic heterocycles. The van der Waals surface area contributed by atoms with E-state index in [4.69, 9.17) is 4.74 Å². The molecule has 0 spiro atoms. The number of hydrogen-bond donors (Lipinski definition) is 2. The quantitative estimate of drug-likeness (QED) is 0.861. The van der Waals surface area contributed by atoms with Crippen LogP contribution in [-0.2, 0) is 14.3 Å². The topological polar surface area (TPSA) is 67.4 Å². The third-order valence-electron chi connectivity index (χ3n) is 2.92. The molecule has 0 radical (unpaired) electrons. The van der Waals surface area contributed by atoms with Crippen LogP contribution in [0.1, 0.15) is 5.56 Å². The lowest BCUT2D eigenvalue weighted by atomic mass is 10.2. The van der Waals surface area contributed by atoms with E-state index in [-0.39, 0.29) is 24.8 Å². The van der Waals surface area contributed by atoms with Crippen molar-refractivity contribution in [1.29, 1.82) is 0 Å². The number of carbonyl (C=O) groups is 2. The van der Waals surface area contributed by atoms with Gasteiger partial charge in [0.25, 0.3) is 0 Å². The highest BCUT2D eigenvalue weighted by atomic mass is 19.1. The number of carbonyl (C=O) groups excluding carboxylic acids is 2. The van der Waals surface area contributed by atoms with E-state index in [1.807, 2.05) is 25.1 Å². The van der Waals surface area contributed by atoms with Crippen LogP contribution in [0, 0.1) is 12.7 Å². The Kier molecular flexibility index (Phi) is 5.82. The lowest BCUT2D eigenvalue weighted by Crippen LogP contribution is -2.24. The maximum atomic E-state index is 13.4. The first-order valence-electron chi connectivity index (χ1n) is 7.03. The Morgan fingerprint density at radius 3 is 2.39 bits per heavy atom. The van der Waals surface area contributed by atoms with Gasteiger partial charge in [0.1, 0.15) is 19.0 Å². The van der Waals surface area contributed by atoms with Crippen molar-refractivity contribution < 1.29 is 18.7 Å². The summed E-state index contributed by atoms with van der Waals surface area (Å²) in [6.07, 6.45) is 0. The van der Waals surface area contributed by atoms with Gasteiger partial charge in [0.2, 0.25) is 11.8 Å². The minimum absolute atomic E-state index is 0.0744. The summed E-state index contributed by atoms with van der Waals surface area (Å²) in [5.74, 6) is -1.43. The first-order valence-corrected chi connectivity index (χ1v) is 7.03. The Bertz CT molecular complexity index is 704. The highest BCUT2D eigenvalue weighted by Gasteiger charge is 2.08. The summed E-state index contributed by atoms with van der Waals surface area (Å²) in [7, 11) is 0. The second-order valence-electron chi connectivity index (χ2n) is 4.94. The molecule has 120 valence electrons. The minimum Gasteiger partial charge on any atom is -0.362 e. The van der Waals surface area contributed by atoms with E-state index in [0.717, 1.165) is 5.56 Å². The molecule has 0 heterocycles. The summed E-state index contributed by atoms with van der Waals surface area (Å²) in [5, 5.41) is 5.03. The van der Waals surface area contributed by atoms with Crippen molar-refractivity contribution in [2.75, 3.05) is 23.8 Å². The molecule has 0 unspecified atom stereocenters. The Hall–Kier alpha value is -2.73. The fraction of sp³-hybridized carbons (Fsp3) is 0.176. The van der Waals surface area contributed by atoms with Gasteiger partial charge in [-0.3, -0.25) is 9.59 Å². The SMILES string of the molecule is Cc1cccc(NC(=O)COCC(=O)Nc2ccccc2F)c1. The van der Waals surface area contributed by atoms with Gasteiger partial charge in [0.05, 0.1) is 5.69 Å². The molecule has 5 nitrogen and oxygen atoms in total. The van der Waals surface area contributed by atoms with Crippen molar-refractivity contribution in [3.8, 4) is 0 Å². The maximum absolute atomic E-state index is 13.4. The van der Waals surface area contributed by atoms with Crippen LogP contribution in [0.2, 0.25) is 0 Å². The van der Waals surface area contributed by atoms with Crippen molar-refractivity contribution in [2.45, 2.75) is 6.92 Å². The fourth-order valence-corrected chi connectivity index (χ4v) is 1.91. The van der Waals surface area contributed by atoms with Crippen molar-refractivity contribution in [3.05, 3.63) is 59.9 Å². The number of rotatable bonds is 6. The van der Waals surface area contributed by atoms with Crippen molar-refractivity contribution in [3.63, 3.8) is 0 Å². The molecule has 0 fully saturated rings. The van der Waals surface area contributed by atoms with Gasteiger partial charge in [-0.2, -0.15) is 0 Å². The normalized spacial score (nSPS) is 10.2. The summed E-state index contributed by atoms with van der Waals surface area (Å²) in [4.78, 5) is 23.3. The van der Waals surface area contributed by atoms with Crippen LogP contribution in [0.4, 0.5) is 15.8 Å². The molecule has 6 heteroatoms. The van der Waals surface area contributed by atoms with Crippen LogP contribution in [0.25, 0.3) is 0 Å². The molecular formula is C17H17FN2O3. The second kappa shape index (κ2) is 8.05. The smallest absolute Gasteiger partial charge is 0.250 e. The maximum Gasteiger partial charge on any atom is 0.250 e. The van der Waals surface area contributed by atoms with E-state index >= 15 is 0 Å². The highest BCUT2D eigenvalue weighted by molar-refractivity contribution is 5.93. The highest BCUT2D eigenvalue weighted by Crippen LogP contribution is 2.12. The molecule has 2 aromatic rings. The number of anilines is 2. The van der Waals surface area contributed by atoms with E-state index in [2.05, 4.69) is 10.6 Å². The Balaban J connectivity index is 1.73. The Morgan fingerprint density at radius 1 is 1.00 bits per heavy atom. The van der Waals surface area contributed by atoms with Crippen molar-refractivity contribution >= 4 is 23.2 Å². The first-order chi connectivity index (χ1) is 11.0. The molecule has 2 aromatic carbocycles. The third kappa shape index (κ3) is 5.52. The number of hydrogen-bond acceptors (Lipinski definition) is 3. The summed E-state index contributed by atoms with van der Waals surface area (Å²) < 4.78 is 18.4. The van der Waals surface area contributed by atoms with E-state index in [9.17, 15) is 14.0 Å². The van der Waals surface area contributed by atoms with Crippen LogP contribution < -0.4 is 10.6 Å². The molecular weight excluding hydrogens is 299 g/mol. The van der Waals surface area contributed by atoms with Crippen LogP contribution in [0.15, 0.2) is 48.5 Å². The number of para-hydroxylation sites is 1. The van der Waals surface area contributed by atoms with Gasteiger partial charge in [0, 0.05) is 5.69 Å². The van der Waals surface area contributed by atoms with Gasteiger partial charge in [-0.15, -0.1) is 0 Å². The van der Waals surface area contributed by atoms with Gasteiger partial charge < -0.3 is 15.4 Å².